The first-order chi connectivity index (χ1) is 34.6. The van der Waals surface area contributed by atoms with E-state index in [1.807, 2.05) is 0 Å². The summed E-state index contributed by atoms with van der Waals surface area (Å²) in [5.74, 6) is -3.15. The summed E-state index contributed by atoms with van der Waals surface area (Å²) in [4.78, 5) is 51.0. The predicted molar refractivity (Wildman–Crippen MR) is 285 cm³/mol. The van der Waals surface area contributed by atoms with Crippen LogP contribution < -0.4 is 0 Å². The maximum Gasteiger partial charge on any atom is 0.335 e. The van der Waals surface area contributed by atoms with Crippen molar-refractivity contribution < 1.29 is 58.2 Å². The van der Waals surface area contributed by atoms with Crippen molar-refractivity contribution in [2.75, 3.05) is 13.2 Å². The second-order valence-electron chi connectivity index (χ2n) is 19.2. The van der Waals surface area contributed by atoms with Gasteiger partial charge in [0.05, 0.1) is 6.61 Å². The van der Waals surface area contributed by atoms with Gasteiger partial charge in [-0.2, -0.15) is 0 Å². The largest absolute Gasteiger partial charge is 0.479 e. The molecule has 12 nitrogen and oxygen atoms in total. The number of aliphatic carboxylic acids is 1. The molecule has 0 radical (unpaired) electrons. The Morgan fingerprint density at radius 1 is 0.479 bits per heavy atom. The van der Waals surface area contributed by atoms with Gasteiger partial charge in [0.15, 0.2) is 24.6 Å². The first-order valence-corrected chi connectivity index (χ1v) is 28.3. The van der Waals surface area contributed by atoms with Crippen LogP contribution in [-0.4, -0.2) is 89.2 Å². The van der Waals surface area contributed by atoms with Crippen molar-refractivity contribution in [1.29, 1.82) is 0 Å². The van der Waals surface area contributed by atoms with E-state index >= 15 is 0 Å². The number of aliphatic hydroxyl groups excluding tert-OH is 2. The van der Waals surface area contributed by atoms with Crippen LogP contribution in [0.2, 0.25) is 0 Å². The van der Waals surface area contributed by atoms with Crippen molar-refractivity contribution in [3.05, 3.63) is 60.8 Å². The van der Waals surface area contributed by atoms with Crippen LogP contribution in [0.5, 0.6) is 0 Å². The molecule has 1 heterocycles. The summed E-state index contributed by atoms with van der Waals surface area (Å²) in [7, 11) is 0. The maximum atomic E-state index is 13.1. The molecule has 408 valence electrons. The summed E-state index contributed by atoms with van der Waals surface area (Å²) in [5.41, 5.74) is 0. The number of esters is 3. The second-order valence-corrected chi connectivity index (χ2v) is 19.2. The van der Waals surface area contributed by atoms with Crippen molar-refractivity contribution in [2.24, 2.45) is 0 Å². The van der Waals surface area contributed by atoms with Gasteiger partial charge >= 0.3 is 23.9 Å². The van der Waals surface area contributed by atoms with Crippen molar-refractivity contribution in [2.45, 2.75) is 276 Å². The number of carboxylic acid groups (broad SMARTS) is 1. The van der Waals surface area contributed by atoms with E-state index in [9.17, 15) is 34.5 Å². The van der Waals surface area contributed by atoms with E-state index < -0.39 is 67.3 Å². The molecule has 0 aromatic heterocycles. The van der Waals surface area contributed by atoms with E-state index in [0.717, 1.165) is 135 Å². The van der Waals surface area contributed by atoms with Crippen LogP contribution in [0.25, 0.3) is 0 Å². The average Bonchev–Trinajstić information content (AvgIpc) is 3.35. The van der Waals surface area contributed by atoms with Crippen molar-refractivity contribution in [1.82, 2.24) is 0 Å². The predicted octanol–water partition coefficient (Wildman–Crippen LogP) is 14.0. The molecule has 0 bridgehead atoms. The van der Waals surface area contributed by atoms with Gasteiger partial charge in [-0.15, -0.1) is 0 Å². The van der Waals surface area contributed by atoms with Gasteiger partial charge in [0, 0.05) is 19.3 Å². The van der Waals surface area contributed by atoms with Crippen LogP contribution in [0.4, 0.5) is 0 Å². The quantitative estimate of drug-likeness (QED) is 0.0228. The molecular weight excluding hydrogens is 901 g/mol. The summed E-state index contributed by atoms with van der Waals surface area (Å²) >= 11 is 0. The van der Waals surface area contributed by atoms with Gasteiger partial charge in [-0.05, 0) is 96.3 Å². The Balaban J connectivity index is 2.70. The topological polar surface area (TPSA) is 175 Å². The minimum Gasteiger partial charge on any atom is -0.479 e. The molecule has 0 amide bonds. The van der Waals surface area contributed by atoms with E-state index in [0.29, 0.717) is 19.3 Å². The minimum atomic E-state index is -1.91. The summed E-state index contributed by atoms with van der Waals surface area (Å²) in [5, 5.41) is 31.4. The number of carbonyl (C=O) groups excluding carboxylic acids is 3. The van der Waals surface area contributed by atoms with Gasteiger partial charge in [0.2, 0.25) is 0 Å². The van der Waals surface area contributed by atoms with Crippen LogP contribution in [0.15, 0.2) is 60.8 Å². The van der Waals surface area contributed by atoms with Crippen LogP contribution in [0.3, 0.4) is 0 Å². The minimum absolute atomic E-state index is 0.0482. The summed E-state index contributed by atoms with van der Waals surface area (Å²) < 4.78 is 28.3. The molecule has 6 unspecified atom stereocenters. The van der Waals surface area contributed by atoms with E-state index in [1.54, 1.807) is 0 Å². The summed E-state index contributed by atoms with van der Waals surface area (Å²) in [6.45, 7) is 5.80. The second kappa shape index (κ2) is 47.4. The molecule has 1 aliphatic rings. The third kappa shape index (κ3) is 37.8. The average molecular weight is 1000 g/mol. The molecule has 1 saturated heterocycles. The molecule has 1 fully saturated rings. The summed E-state index contributed by atoms with van der Waals surface area (Å²) in [6, 6.07) is 0. The van der Waals surface area contributed by atoms with Gasteiger partial charge in [0.25, 0.3) is 0 Å². The van der Waals surface area contributed by atoms with Gasteiger partial charge in [-0.3, -0.25) is 14.4 Å². The van der Waals surface area contributed by atoms with Gasteiger partial charge in [-0.1, -0.05) is 184 Å². The van der Waals surface area contributed by atoms with Crippen molar-refractivity contribution in [3.8, 4) is 0 Å². The fourth-order valence-electron chi connectivity index (χ4n) is 8.18. The zero-order chi connectivity index (χ0) is 51.8. The Kier molecular flexibility index (Phi) is 43.7. The number of rotatable bonds is 47. The molecule has 71 heavy (non-hydrogen) atoms. The van der Waals surface area contributed by atoms with Crippen LogP contribution in [0, 0.1) is 0 Å². The molecule has 0 spiro atoms. The molecular formula is C59H100O12. The Labute approximate surface area is 430 Å². The fraction of sp³-hybridized carbons (Fsp3) is 0.763. The molecule has 1 aliphatic heterocycles. The third-order valence-electron chi connectivity index (χ3n) is 12.5. The molecule has 0 aromatic carbocycles. The van der Waals surface area contributed by atoms with Gasteiger partial charge < -0.3 is 39.0 Å². The lowest BCUT2D eigenvalue weighted by Crippen LogP contribution is -2.61. The number of carbonyl (C=O) groups is 4. The zero-order valence-corrected chi connectivity index (χ0v) is 44.7. The van der Waals surface area contributed by atoms with Gasteiger partial charge in [0.1, 0.15) is 18.8 Å². The van der Waals surface area contributed by atoms with E-state index in [-0.39, 0.29) is 25.9 Å². The van der Waals surface area contributed by atoms with Crippen molar-refractivity contribution in [3.63, 3.8) is 0 Å². The Bertz CT molecular complexity index is 1470. The molecule has 6 atom stereocenters. The van der Waals surface area contributed by atoms with Crippen LogP contribution in [-0.2, 0) is 42.9 Å². The summed E-state index contributed by atoms with van der Waals surface area (Å²) in [6.07, 6.45) is 44.8. The number of hydrogen-bond donors (Lipinski definition) is 3. The molecule has 1 rings (SSSR count). The maximum absolute atomic E-state index is 13.1. The number of carboxylic acids is 1. The fourth-order valence-corrected chi connectivity index (χ4v) is 8.18. The highest BCUT2D eigenvalue weighted by atomic mass is 16.7. The first-order valence-electron chi connectivity index (χ1n) is 28.3. The Hall–Kier alpha value is -3.58. The number of unbranched alkanes of at least 4 members (excludes halogenated alkanes) is 23. The highest BCUT2D eigenvalue weighted by Crippen LogP contribution is 2.26. The molecule has 0 saturated carbocycles. The number of allylic oxidation sites excluding steroid dienone is 10. The lowest BCUT2D eigenvalue weighted by molar-refractivity contribution is -0.301. The SMILES string of the molecule is CC/C=C\C/C=C\C/C=C\CCCCCCCCCC(=O)OCC(COC1OC(C(=O)O)C(O)C(O)C1OC(=O)CCCCCCC/C=C\CCCCCC)OC(=O)CCCCCCC/C=C\CCCC. The van der Waals surface area contributed by atoms with Gasteiger partial charge in [-0.25, -0.2) is 4.79 Å². The normalized spacial score (nSPS) is 18.9. The Morgan fingerprint density at radius 3 is 1.41 bits per heavy atom. The smallest absolute Gasteiger partial charge is 0.335 e. The van der Waals surface area contributed by atoms with Crippen molar-refractivity contribution >= 4 is 23.9 Å². The molecule has 12 heteroatoms. The Morgan fingerprint density at radius 2 is 0.901 bits per heavy atom. The molecule has 3 N–H and O–H groups in total. The van der Waals surface area contributed by atoms with E-state index in [4.69, 9.17) is 23.7 Å². The lowest BCUT2D eigenvalue weighted by atomic mass is 9.98. The van der Waals surface area contributed by atoms with E-state index in [1.165, 1.54) is 44.9 Å². The number of aliphatic hydroxyl groups is 2. The number of hydrogen-bond acceptors (Lipinski definition) is 11. The van der Waals surface area contributed by atoms with Crippen LogP contribution in [0.1, 0.15) is 239 Å². The highest BCUT2D eigenvalue weighted by molar-refractivity contribution is 5.74. The number of ether oxygens (including phenoxy) is 5. The first kappa shape index (κ1) is 65.4. The highest BCUT2D eigenvalue weighted by Gasteiger charge is 2.50. The zero-order valence-electron chi connectivity index (χ0n) is 44.7. The van der Waals surface area contributed by atoms with E-state index in [2.05, 4.69) is 81.5 Å². The lowest BCUT2D eigenvalue weighted by Gasteiger charge is -2.40. The molecule has 0 aromatic rings. The molecule has 0 aliphatic carbocycles. The monoisotopic (exact) mass is 1000 g/mol. The third-order valence-corrected chi connectivity index (χ3v) is 12.5. The standard InChI is InChI=1S/C59H100O12/c1-4-7-10-13-16-19-22-24-25-26-27-29-31-33-36-39-42-45-51(60)67-48-50(69-52(61)46-43-40-37-34-30-21-18-15-12-9-6-3)49-68-59-57(55(64)54(63)56(71-59)58(65)66)70-53(62)47-44-41-38-35-32-28-23-20-17-14-11-8-5-2/h7,10,15-16,18-20,23-25,50,54-57,59,63-64H,4-6,8-9,11-14,17,21-22,26-49H2,1-3H3,(H,65,66)/b10-7-,18-15-,19-16-,23-20-,25-24-. The van der Waals surface area contributed by atoms with Crippen LogP contribution >= 0.6 is 0 Å².